The number of benzene rings is 3. The van der Waals surface area contributed by atoms with Gasteiger partial charge >= 0.3 is 0 Å². The van der Waals surface area contributed by atoms with Crippen molar-refractivity contribution in [1.82, 2.24) is 4.31 Å². The van der Waals surface area contributed by atoms with E-state index in [0.29, 0.717) is 6.42 Å². The van der Waals surface area contributed by atoms with Crippen LogP contribution in [0.1, 0.15) is 12.5 Å². The van der Waals surface area contributed by atoms with Crippen molar-refractivity contribution >= 4 is 26.7 Å². The van der Waals surface area contributed by atoms with Gasteiger partial charge in [-0.3, -0.25) is 4.79 Å². The van der Waals surface area contributed by atoms with Gasteiger partial charge in [-0.2, -0.15) is 0 Å². The van der Waals surface area contributed by atoms with Crippen molar-refractivity contribution < 1.29 is 17.9 Å². The number of methoxy groups -OCH3 is 1. The lowest BCUT2D eigenvalue weighted by molar-refractivity contribution is -0.124. The molecule has 6 heteroatoms. The zero-order valence-electron chi connectivity index (χ0n) is 15.3. The summed E-state index contributed by atoms with van der Waals surface area (Å²) in [7, 11) is -2.27. The molecule has 0 aromatic heterocycles. The molecule has 0 aliphatic carbocycles. The Bertz CT molecular complexity index is 1060. The first-order chi connectivity index (χ1) is 12.9. The van der Waals surface area contributed by atoms with Gasteiger partial charge in [-0.05, 0) is 47.0 Å². The number of nitrogens with zero attached hydrogens (tertiary/aromatic N) is 1. The Hall–Kier alpha value is -2.86. The molecule has 0 atom stereocenters. The third-order valence-electron chi connectivity index (χ3n) is 4.45. The molecule has 0 bridgehead atoms. The maximum atomic E-state index is 12.8. The summed E-state index contributed by atoms with van der Waals surface area (Å²) >= 11 is 0. The second-order valence-electron chi connectivity index (χ2n) is 6.16. The quantitative estimate of drug-likeness (QED) is 0.652. The second kappa shape index (κ2) is 7.80. The fraction of sp³-hybridized carbons (Fsp3) is 0.190. The van der Waals surface area contributed by atoms with Crippen LogP contribution in [0.3, 0.4) is 0 Å². The predicted octanol–water partition coefficient (Wildman–Crippen LogP) is 3.63. The summed E-state index contributed by atoms with van der Waals surface area (Å²) in [6.45, 7) is 1.34. The third kappa shape index (κ3) is 3.95. The molecular formula is C21H21NO4S. The highest BCUT2D eigenvalue weighted by Crippen LogP contribution is 2.25. The average Bonchev–Trinajstić information content (AvgIpc) is 2.68. The lowest BCUT2D eigenvalue weighted by Crippen LogP contribution is -2.36. The van der Waals surface area contributed by atoms with Crippen molar-refractivity contribution in [2.24, 2.45) is 0 Å². The van der Waals surface area contributed by atoms with Crippen molar-refractivity contribution in [3.63, 3.8) is 0 Å². The summed E-state index contributed by atoms with van der Waals surface area (Å²) in [4.78, 5) is 12.2. The van der Waals surface area contributed by atoms with Crippen LogP contribution in [0.4, 0.5) is 0 Å². The Kier molecular flexibility index (Phi) is 5.46. The second-order valence-corrected chi connectivity index (χ2v) is 8.03. The van der Waals surface area contributed by atoms with Crippen LogP contribution in [0.5, 0.6) is 5.75 Å². The normalized spacial score (nSPS) is 11.3. The van der Waals surface area contributed by atoms with E-state index in [-0.39, 0.29) is 11.4 Å². The van der Waals surface area contributed by atoms with Crippen LogP contribution in [0.25, 0.3) is 10.8 Å². The van der Waals surface area contributed by atoms with E-state index in [4.69, 9.17) is 4.74 Å². The SMILES string of the molecule is COc1ccc2cccc(CCN(C(C)=O)S(=O)(=O)c3ccccc3)c2c1. The van der Waals surface area contributed by atoms with E-state index in [0.717, 1.165) is 26.4 Å². The minimum Gasteiger partial charge on any atom is -0.497 e. The molecule has 0 fully saturated rings. The molecule has 3 aromatic carbocycles. The maximum Gasteiger partial charge on any atom is 0.266 e. The van der Waals surface area contributed by atoms with Gasteiger partial charge in [0.05, 0.1) is 12.0 Å². The number of ether oxygens (including phenoxy) is 1. The average molecular weight is 383 g/mol. The number of hydrogen-bond donors (Lipinski definition) is 0. The van der Waals surface area contributed by atoms with Gasteiger partial charge in [0.1, 0.15) is 5.75 Å². The molecule has 0 spiro atoms. The van der Waals surface area contributed by atoms with Crippen molar-refractivity contribution in [2.45, 2.75) is 18.2 Å². The van der Waals surface area contributed by atoms with Crippen LogP contribution in [0.2, 0.25) is 0 Å². The lowest BCUT2D eigenvalue weighted by atomic mass is 10.0. The van der Waals surface area contributed by atoms with E-state index >= 15 is 0 Å². The van der Waals surface area contributed by atoms with Gasteiger partial charge in [-0.15, -0.1) is 0 Å². The Balaban J connectivity index is 1.92. The molecule has 5 nitrogen and oxygen atoms in total. The standard InChI is InChI=1S/C21H21NO4S/c1-16(23)22(27(24,25)20-9-4-3-5-10-20)14-13-18-8-6-7-17-11-12-19(26-2)15-21(17)18/h3-12,15H,13-14H2,1-2H3. The number of fused-ring (bicyclic) bond motifs is 1. The van der Waals surface area contributed by atoms with Crippen molar-refractivity contribution in [1.29, 1.82) is 0 Å². The minimum atomic E-state index is -3.88. The molecule has 0 aliphatic rings. The monoisotopic (exact) mass is 383 g/mol. The fourth-order valence-corrected chi connectivity index (χ4v) is 4.48. The molecule has 0 unspecified atom stereocenters. The molecule has 0 saturated heterocycles. The highest BCUT2D eigenvalue weighted by atomic mass is 32.2. The Morgan fingerprint density at radius 3 is 2.41 bits per heavy atom. The van der Waals surface area contributed by atoms with Crippen LogP contribution >= 0.6 is 0 Å². The molecule has 3 rings (SSSR count). The smallest absolute Gasteiger partial charge is 0.266 e. The lowest BCUT2D eigenvalue weighted by Gasteiger charge is -2.21. The van der Waals surface area contributed by atoms with E-state index in [1.807, 2.05) is 36.4 Å². The van der Waals surface area contributed by atoms with Crippen LogP contribution in [-0.4, -0.2) is 32.3 Å². The molecular weight excluding hydrogens is 362 g/mol. The van der Waals surface area contributed by atoms with Gasteiger partial charge in [0.15, 0.2) is 0 Å². The van der Waals surface area contributed by atoms with Gasteiger partial charge in [0, 0.05) is 13.5 Å². The largest absolute Gasteiger partial charge is 0.497 e. The fourth-order valence-electron chi connectivity index (χ4n) is 3.05. The molecule has 0 radical (unpaired) electrons. The molecule has 0 heterocycles. The zero-order chi connectivity index (χ0) is 19.4. The first kappa shape index (κ1) is 18.9. The molecule has 0 N–H and O–H groups in total. The van der Waals surface area contributed by atoms with Crippen molar-refractivity contribution in [2.75, 3.05) is 13.7 Å². The summed E-state index contributed by atoms with van der Waals surface area (Å²) in [5.41, 5.74) is 0.959. The van der Waals surface area contributed by atoms with E-state index in [1.165, 1.54) is 19.1 Å². The third-order valence-corrected chi connectivity index (χ3v) is 6.33. The van der Waals surface area contributed by atoms with E-state index < -0.39 is 15.9 Å². The first-order valence-electron chi connectivity index (χ1n) is 8.57. The molecule has 0 saturated carbocycles. The van der Waals surface area contributed by atoms with E-state index in [9.17, 15) is 13.2 Å². The Labute approximate surface area is 159 Å². The minimum absolute atomic E-state index is 0.0723. The highest BCUT2D eigenvalue weighted by molar-refractivity contribution is 7.89. The van der Waals surface area contributed by atoms with Crippen LogP contribution in [0, 0.1) is 0 Å². The zero-order valence-corrected chi connectivity index (χ0v) is 16.1. The summed E-state index contributed by atoms with van der Waals surface area (Å²) in [5.74, 6) is 0.229. The Morgan fingerprint density at radius 1 is 1.00 bits per heavy atom. The van der Waals surface area contributed by atoms with Crippen LogP contribution in [0.15, 0.2) is 71.6 Å². The molecule has 1 amide bonds. The van der Waals surface area contributed by atoms with Crippen LogP contribution in [-0.2, 0) is 21.2 Å². The maximum absolute atomic E-state index is 12.8. The highest BCUT2D eigenvalue weighted by Gasteiger charge is 2.26. The summed E-state index contributed by atoms with van der Waals surface area (Å²) in [6, 6.07) is 19.6. The van der Waals surface area contributed by atoms with Gasteiger partial charge < -0.3 is 4.74 Å². The van der Waals surface area contributed by atoms with Crippen LogP contribution < -0.4 is 4.74 Å². The molecule has 3 aromatic rings. The van der Waals surface area contributed by atoms with Gasteiger partial charge in [0.2, 0.25) is 5.91 Å². The van der Waals surface area contributed by atoms with Crippen molar-refractivity contribution in [3.8, 4) is 5.75 Å². The van der Waals surface area contributed by atoms with Gasteiger partial charge in [0.25, 0.3) is 10.0 Å². The molecule has 27 heavy (non-hydrogen) atoms. The number of hydrogen-bond acceptors (Lipinski definition) is 4. The molecule has 0 aliphatic heterocycles. The predicted molar refractivity (Wildman–Crippen MR) is 105 cm³/mol. The number of carbonyl (C=O) groups excluding carboxylic acids is 1. The van der Waals surface area contributed by atoms with Crippen molar-refractivity contribution in [3.05, 3.63) is 72.3 Å². The number of sulfonamides is 1. The number of carbonyl (C=O) groups is 1. The summed E-state index contributed by atoms with van der Waals surface area (Å²) in [6.07, 6.45) is 0.413. The summed E-state index contributed by atoms with van der Waals surface area (Å²) < 4.78 is 31.9. The number of amides is 1. The number of rotatable bonds is 6. The topological polar surface area (TPSA) is 63.7 Å². The molecule has 140 valence electrons. The Morgan fingerprint density at radius 2 is 1.74 bits per heavy atom. The van der Waals surface area contributed by atoms with E-state index in [1.54, 1.807) is 25.3 Å². The van der Waals surface area contributed by atoms with Gasteiger partial charge in [-0.25, -0.2) is 12.7 Å². The van der Waals surface area contributed by atoms with Gasteiger partial charge in [-0.1, -0.05) is 42.5 Å². The summed E-state index contributed by atoms with van der Waals surface area (Å²) in [5, 5.41) is 2.02. The van der Waals surface area contributed by atoms with E-state index in [2.05, 4.69) is 0 Å². The first-order valence-corrected chi connectivity index (χ1v) is 10.0.